The lowest BCUT2D eigenvalue weighted by molar-refractivity contribution is 0.793. The van der Waals surface area contributed by atoms with Crippen LogP contribution in [-0.4, -0.2) is 4.57 Å². The van der Waals surface area contributed by atoms with Gasteiger partial charge in [0.2, 0.25) is 0 Å². The van der Waals surface area contributed by atoms with Crippen LogP contribution in [0.1, 0.15) is 51.4 Å². The Balaban J connectivity index is 0.933. The van der Waals surface area contributed by atoms with E-state index in [0.29, 0.717) is 0 Å². The standard InChI is InChI=1S/C76H51N3/c1-2-77-71-40-22-15-33-61(71)74-72(77)47-53(78(49-23-5-3-6-24-49)52-41-43-60-58-31-13-20-38-67(58)76(70(60)46-52)65-36-18-11-29-56(65)57-30-12-19-37-66(57)76)48-73(74)79(50-25-7-4-8-26-50)51-42-44-69-62(45-51)59-32-14-21-39-68(59)75(69)63-34-16-9-27-54(63)55-28-10-17-35-64(55)75/h3-48H,2H2,1H3. The molecular formula is C76H51N3. The van der Waals surface area contributed by atoms with Crippen molar-refractivity contribution in [3.63, 3.8) is 0 Å². The summed E-state index contributed by atoms with van der Waals surface area (Å²) in [5.74, 6) is 0. The fourth-order valence-electron chi connectivity index (χ4n) is 15.3. The first kappa shape index (κ1) is 44.2. The van der Waals surface area contributed by atoms with Crippen LogP contribution in [0.2, 0.25) is 0 Å². The Hall–Kier alpha value is -9.96. The molecule has 0 radical (unpaired) electrons. The van der Waals surface area contributed by atoms with Crippen LogP contribution < -0.4 is 9.80 Å². The van der Waals surface area contributed by atoms with Crippen molar-refractivity contribution in [1.82, 2.24) is 4.57 Å². The van der Waals surface area contributed by atoms with Gasteiger partial charge in [0.25, 0.3) is 0 Å². The molecule has 4 aliphatic rings. The number of anilines is 6. The average molecular weight is 1010 g/mol. The van der Waals surface area contributed by atoms with Gasteiger partial charge in [-0.25, -0.2) is 0 Å². The molecule has 0 unspecified atom stereocenters. The molecule has 13 aromatic rings. The van der Waals surface area contributed by atoms with Crippen LogP contribution in [0, 0.1) is 0 Å². The van der Waals surface area contributed by atoms with Gasteiger partial charge in [-0.3, -0.25) is 0 Å². The van der Waals surface area contributed by atoms with Gasteiger partial charge in [-0.2, -0.15) is 0 Å². The van der Waals surface area contributed by atoms with Crippen molar-refractivity contribution >= 4 is 55.9 Å². The van der Waals surface area contributed by atoms with Gasteiger partial charge in [0.05, 0.1) is 27.7 Å². The maximum Gasteiger partial charge on any atom is 0.0726 e. The summed E-state index contributed by atoms with van der Waals surface area (Å²) in [5.41, 5.74) is 29.1. The van der Waals surface area contributed by atoms with Gasteiger partial charge in [-0.05, 0) is 163 Å². The molecule has 3 heteroatoms. The second kappa shape index (κ2) is 16.5. The number of aromatic nitrogens is 1. The van der Waals surface area contributed by atoms with Crippen LogP contribution in [0.25, 0.3) is 66.3 Å². The lowest BCUT2D eigenvalue weighted by Gasteiger charge is -2.33. The third kappa shape index (κ3) is 5.76. The van der Waals surface area contributed by atoms with Gasteiger partial charge in [-0.15, -0.1) is 0 Å². The predicted octanol–water partition coefficient (Wildman–Crippen LogP) is 19.4. The van der Waals surface area contributed by atoms with Crippen molar-refractivity contribution < 1.29 is 0 Å². The zero-order chi connectivity index (χ0) is 52.0. The van der Waals surface area contributed by atoms with Gasteiger partial charge in [-0.1, -0.05) is 212 Å². The Bertz CT molecular complexity index is 4570. The maximum atomic E-state index is 2.53. The fourth-order valence-corrected chi connectivity index (χ4v) is 15.3. The van der Waals surface area contributed by atoms with E-state index in [2.05, 4.69) is 300 Å². The summed E-state index contributed by atoms with van der Waals surface area (Å²) in [6, 6.07) is 105. The van der Waals surface area contributed by atoms with Crippen LogP contribution in [0.5, 0.6) is 0 Å². The second-order valence-electron chi connectivity index (χ2n) is 21.7. The van der Waals surface area contributed by atoms with E-state index in [-0.39, 0.29) is 0 Å². The summed E-state index contributed by atoms with van der Waals surface area (Å²) in [6.07, 6.45) is 0. The predicted molar refractivity (Wildman–Crippen MR) is 327 cm³/mol. The summed E-state index contributed by atoms with van der Waals surface area (Å²) in [6.45, 7) is 3.09. The largest absolute Gasteiger partial charge is 0.341 e. The van der Waals surface area contributed by atoms with Crippen LogP contribution in [0.4, 0.5) is 34.1 Å². The molecule has 1 aromatic heterocycles. The monoisotopic (exact) mass is 1010 g/mol. The van der Waals surface area contributed by atoms with Crippen LogP contribution >= 0.6 is 0 Å². The molecule has 1 heterocycles. The minimum Gasteiger partial charge on any atom is -0.341 e. The first-order valence-electron chi connectivity index (χ1n) is 27.8. The molecular weight excluding hydrogens is 955 g/mol. The third-order valence-electron chi connectivity index (χ3n) is 18.2. The lowest BCUT2D eigenvalue weighted by atomic mass is 9.70. The molecule has 0 atom stereocenters. The highest BCUT2D eigenvalue weighted by molar-refractivity contribution is 6.17. The summed E-state index contributed by atoms with van der Waals surface area (Å²) < 4.78 is 2.52. The summed E-state index contributed by atoms with van der Waals surface area (Å²) in [4.78, 5) is 5.04. The molecule has 4 aliphatic carbocycles. The van der Waals surface area contributed by atoms with E-state index in [4.69, 9.17) is 0 Å². The minimum absolute atomic E-state index is 0.439. The number of benzene rings is 12. The Morgan fingerprint density at radius 3 is 1.19 bits per heavy atom. The second-order valence-corrected chi connectivity index (χ2v) is 21.7. The molecule has 0 saturated carbocycles. The molecule has 370 valence electrons. The molecule has 0 N–H and O–H groups in total. The van der Waals surface area contributed by atoms with Crippen molar-refractivity contribution in [2.24, 2.45) is 0 Å². The van der Waals surface area contributed by atoms with Crippen LogP contribution in [0.15, 0.2) is 279 Å². The normalized spacial score (nSPS) is 13.9. The van der Waals surface area contributed by atoms with Crippen molar-refractivity contribution in [3.8, 4) is 44.5 Å². The number of fused-ring (bicyclic) bond motifs is 23. The fraction of sp³-hybridized carbons (Fsp3) is 0.0526. The maximum absolute atomic E-state index is 2.53. The van der Waals surface area contributed by atoms with Gasteiger partial charge in [0.15, 0.2) is 0 Å². The first-order valence-corrected chi connectivity index (χ1v) is 27.8. The van der Waals surface area contributed by atoms with E-state index in [1.54, 1.807) is 0 Å². The summed E-state index contributed by atoms with van der Waals surface area (Å²) in [5, 5.41) is 2.45. The zero-order valence-electron chi connectivity index (χ0n) is 43.6. The highest BCUT2D eigenvalue weighted by Gasteiger charge is 2.53. The molecule has 12 aromatic carbocycles. The van der Waals surface area contributed by atoms with Crippen molar-refractivity contribution in [2.75, 3.05) is 9.80 Å². The highest BCUT2D eigenvalue weighted by atomic mass is 15.2. The summed E-state index contributed by atoms with van der Waals surface area (Å²) >= 11 is 0. The molecule has 0 amide bonds. The van der Waals surface area contributed by atoms with Gasteiger partial charge in [0, 0.05) is 45.6 Å². The molecule has 3 nitrogen and oxygen atoms in total. The Kier molecular flexibility index (Phi) is 9.24. The lowest BCUT2D eigenvalue weighted by Crippen LogP contribution is -2.26. The van der Waals surface area contributed by atoms with Gasteiger partial charge in [0.1, 0.15) is 0 Å². The number of nitrogens with zero attached hydrogens (tertiary/aromatic N) is 3. The van der Waals surface area contributed by atoms with Crippen molar-refractivity contribution in [3.05, 3.63) is 324 Å². The number of hydrogen-bond acceptors (Lipinski definition) is 2. The number of para-hydroxylation sites is 3. The molecule has 0 aliphatic heterocycles. The number of aryl methyl sites for hydroxylation is 1. The van der Waals surface area contributed by atoms with Crippen molar-refractivity contribution in [2.45, 2.75) is 24.3 Å². The van der Waals surface area contributed by atoms with E-state index in [0.717, 1.165) is 40.7 Å². The molecule has 0 bridgehead atoms. The van der Waals surface area contributed by atoms with E-state index in [9.17, 15) is 0 Å². The highest BCUT2D eigenvalue weighted by Crippen LogP contribution is 2.65. The zero-order valence-corrected chi connectivity index (χ0v) is 43.6. The van der Waals surface area contributed by atoms with Crippen LogP contribution in [-0.2, 0) is 17.4 Å². The summed E-state index contributed by atoms with van der Waals surface area (Å²) in [7, 11) is 0. The van der Waals surface area contributed by atoms with E-state index in [1.807, 2.05) is 0 Å². The number of hydrogen-bond donors (Lipinski definition) is 0. The molecule has 0 fully saturated rings. The Morgan fingerprint density at radius 2 is 0.671 bits per heavy atom. The van der Waals surface area contributed by atoms with E-state index in [1.165, 1.54) is 111 Å². The van der Waals surface area contributed by atoms with Crippen LogP contribution in [0.3, 0.4) is 0 Å². The smallest absolute Gasteiger partial charge is 0.0726 e. The molecule has 2 spiro atoms. The number of rotatable bonds is 7. The third-order valence-corrected chi connectivity index (χ3v) is 18.2. The topological polar surface area (TPSA) is 11.4 Å². The molecule has 17 rings (SSSR count). The van der Waals surface area contributed by atoms with Gasteiger partial charge >= 0.3 is 0 Å². The minimum atomic E-state index is -0.487. The van der Waals surface area contributed by atoms with E-state index >= 15 is 0 Å². The quantitative estimate of drug-likeness (QED) is 0.158. The van der Waals surface area contributed by atoms with Gasteiger partial charge < -0.3 is 14.4 Å². The van der Waals surface area contributed by atoms with E-state index < -0.39 is 10.8 Å². The molecule has 79 heavy (non-hydrogen) atoms. The Labute approximate surface area is 460 Å². The average Bonchev–Trinajstić information content (AvgIpc) is 2.32. The van der Waals surface area contributed by atoms with Crippen molar-refractivity contribution in [1.29, 1.82) is 0 Å². The Morgan fingerprint density at radius 1 is 0.278 bits per heavy atom. The molecule has 0 saturated heterocycles. The first-order chi connectivity index (χ1) is 39.2. The SMILES string of the molecule is CCn1c2ccccc2c2c(N(c3ccccc3)c3ccc4c(c3)-c3ccccc3C43c4ccccc4-c4ccccc43)cc(N(c3ccccc3)c3ccc4c(c3)C3(c5ccccc5-c5ccccc53)c3ccccc3-4)cc21.